The smallest absolute Gasteiger partial charge is 0.338 e. The number of cyclic esters (lactones) is 1. The minimum absolute atomic E-state index is 0.147. The van der Waals surface area contributed by atoms with Gasteiger partial charge < -0.3 is 20.5 Å². The molecule has 0 aromatic heterocycles. The van der Waals surface area contributed by atoms with Crippen LogP contribution in [-0.4, -0.2) is 24.6 Å². The van der Waals surface area contributed by atoms with Crippen molar-refractivity contribution in [3.63, 3.8) is 0 Å². The Bertz CT molecular complexity index is 560. The predicted octanol–water partition coefficient (Wildman–Crippen LogP) is 3.02. The lowest BCUT2D eigenvalue weighted by atomic mass is 10.1. The lowest BCUT2D eigenvalue weighted by Gasteiger charge is -2.22. The maximum Gasteiger partial charge on any atom is 0.338 e. The van der Waals surface area contributed by atoms with Gasteiger partial charge >= 0.3 is 5.97 Å². The zero-order chi connectivity index (χ0) is 16.7. The van der Waals surface area contributed by atoms with Crippen LogP contribution in [0.5, 0.6) is 0 Å². The van der Waals surface area contributed by atoms with Gasteiger partial charge in [-0.05, 0) is 36.6 Å². The van der Waals surface area contributed by atoms with Crippen molar-refractivity contribution in [2.24, 2.45) is 5.73 Å². The van der Waals surface area contributed by atoms with E-state index in [1.165, 1.54) is 12.8 Å². The standard InChI is InChI=1S/C17H25N3O3/c1-2-3-4-5-6-14-11-22-10-12-9-13(20-17(18)19)7-8-15(12)16(21)23-14/h7-9,14H,2-6,10-11H2,1H3,(H4,18,19,20). The molecule has 1 atom stereocenters. The number of anilines is 1. The molecular weight excluding hydrogens is 294 g/mol. The predicted molar refractivity (Wildman–Crippen MR) is 89.6 cm³/mol. The van der Waals surface area contributed by atoms with Crippen LogP contribution in [-0.2, 0) is 16.1 Å². The SMILES string of the molecule is CCCCCCC1COCc2cc(NC(=N)N)ccc2C(=O)O1. The minimum Gasteiger partial charge on any atom is -0.456 e. The van der Waals surface area contributed by atoms with E-state index < -0.39 is 0 Å². The lowest BCUT2D eigenvalue weighted by molar-refractivity contribution is -0.0174. The maximum atomic E-state index is 12.3. The molecule has 126 valence electrons. The van der Waals surface area contributed by atoms with E-state index >= 15 is 0 Å². The third kappa shape index (κ3) is 5.25. The van der Waals surface area contributed by atoms with Gasteiger partial charge in [-0.3, -0.25) is 5.41 Å². The number of ether oxygens (including phenoxy) is 2. The fourth-order valence-corrected chi connectivity index (χ4v) is 2.64. The average molecular weight is 319 g/mol. The van der Waals surface area contributed by atoms with Gasteiger partial charge in [-0.25, -0.2) is 4.79 Å². The Hall–Kier alpha value is -2.08. The highest BCUT2D eigenvalue weighted by molar-refractivity contribution is 5.94. The van der Waals surface area contributed by atoms with Crippen LogP contribution in [0.3, 0.4) is 0 Å². The van der Waals surface area contributed by atoms with Crippen LogP contribution in [0.4, 0.5) is 5.69 Å². The second kappa shape index (κ2) is 8.53. The molecule has 0 bridgehead atoms. The number of carbonyl (C=O) groups is 1. The first-order chi connectivity index (χ1) is 11.1. The van der Waals surface area contributed by atoms with E-state index in [1.807, 2.05) is 0 Å². The molecule has 1 aromatic carbocycles. The Morgan fingerprint density at radius 3 is 2.96 bits per heavy atom. The Balaban J connectivity index is 2.01. The van der Waals surface area contributed by atoms with Crippen LogP contribution in [0.1, 0.15) is 54.9 Å². The largest absolute Gasteiger partial charge is 0.456 e. The summed E-state index contributed by atoms with van der Waals surface area (Å²) in [7, 11) is 0. The van der Waals surface area contributed by atoms with E-state index in [2.05, 4.69) is 12.2 Å². The maximum absolute atomic E-state index is 12.3. The summed E-state index contributed by atoms with van der Waals surface area (Å²) in [6.45, 7) is 2.94. The number of esters is 1. The summed E-state index contributed by atoms with van der Waals surface area (Å²) in [6, 6.07) is 5.16. The first-order valence-corrected chi connectivity index (χ1v) is 8.13. The number of hydrogen-bond donors (Lipinski definition) is 3. The fourth-order valence-electron chi connectivity index (χ4n) is 2.64. The second-order valence-corrected chi connectivity index (χ2v) is 5.80. The van der Waals surface area contributed by atoms with Crippen molar-refractivity contribution in [3.8, 4) is 0 Å². The number of fused-ring (bicyclic) bond motifs is 1. The molecule has 1 aliphatic heterocycles. The first kappa shape index (κ1) is 17.3. The number of unbranched alkanes of at least 4 members (excludes halogenated alkanes) is 3. The van der Waals surface area contributed by atoms with Crippen LogP contribution in [0.25, 0.3) is 0 Å². The summed E-state index contributed by atoms with van der Waals surface area (Å²) < 4.78 is 11.3. The van der Waals surface area contributed by atoms with Crippen LogP contribution in [0.15, 0.2) is 18.2 Å². The monoisotopic (exact) mass is 319 g/mol. The van der Waals surface area contributed by atoms with Gasteiger partial charge in [0.05, 0.1) is 18.8 Å². The number of guanidine groups is 1. The number of nitrogens with one attached hydrogen (secondary N) is 2. The zero-order valence-electron chi connectivity index (χ0n) is 13.6. The highest BCUT2D eigenvalue weighted by atomic mass is 16.6. The number of rotatable bonds is 6. The van der Waals surface area contributed by atoms with Gasteiger partial charge in [0.2, 0.25) is 0 Å². The molecular formula is C17H25N3O3. The van der Waals surface area contributed by atoms with Gasteiger partial charge in [-0.2, -0.15) is 0 Å². The van der Waals surface area contributed by atoms with E-state index in [0.717, 1.165) is 24.8 Å². The van der Waals surface area contributed by atoms with Crippen molar-refractivity contribution in [2.45, 2.75) is 51.7 Å². The molecule has 23 heavy (non-hydrogen) atoms. The van der Waals surface area contributed by atoms with E-state index in [0.29, 0.717) is 24.5 Å². The summed E-state index contributed by atoms with van der Waals surface area (Å²) in [6.07, 6.45) is 5.25. The summed E-state index contributed by atoms with van der Waals surface area (Å²) in [4.78, 5) is 12.3. The molecule has 0 saturated carbocycles. The second-order valence-electron chi connectivity index (χ2n) is 5.80. The lowest BCUT2D eigenvalue weighted by Crippen LogP contribution is -2.27. The molecule has 0 amide bonds. The van der Waals surface area contributed by atoms with E-state index in [1.54, 1.807) is 18.2 Å². The van der Waals surface area contributed by atoms with Crippen molar-refractivity contribution in [1.29, 1.82) is 5.41 Å². The van der Waals surface area contributed by atoms with Gasteiger partial charge in [0.1, 0.15) is 6.10 Å². The van der Waals surface area contributed by atoms with Gasteiger partial charge in [0.25, 0.3) is 0 Å². The molecule has 6 nitrogen and oxygen atoms in total. The summed E-state index contributed by atoms with van der Waals surface area (Å²) >= 11 is 0. The van der Waals surface area contributed by atoms with Crippen LogP contribution in [0.2, 0.25) is 0 Å². The first-order valence-electron chi connectivity index (χ1n) is 8.13. The molecule has 1 heterocycles. The molecule has 0 aliphatic carbocycles. The minimum atomic E-state index is -0.307. The van der Waals surface area contributed by atoms with Gasteiger partial charge in [0.15, 0.2) is 5.96 Å². The van der Waals surface area contributed by atoms with Gasteiger partial charge in [0, 0.05) is 5.69 Å². The summed E-state index contributed by atoms with van der Waals surface area (Å²) in [5.41, 5.74) is 7.23. The zero-order valence-corrected chi connectivity index (χ0v) is 13.6. The molecule has 0 fully saturated rings. The van der Waals surface area contributed by atoms with Crippen LogP contribution in [0, 0.1) is 5.41 Å². The van der Waals surface area contributed by atoms with E-state index in [4.69, 9.17) is 20.6 Å². The van der Waals surface area contributed by atoms with Gasteiger partial charge in [-0.1, -0.05) is 26.2 Å². The third-order valence-corrected chi connectivity index (χ3v) is 3.82. The molecule has 6 heteroatoms. The number of nitrogens with two attached hydrogens (primary N) is 1. The van der Waals surface area contributed by atoms with Crippen molar-refractivity contribution in [3.05, 3.63) is 29.3 Å². The van der Waals surface area contributed by atoms with Crippen molar-refractivity contribution in [1.82, 2.24) is 0 Å². The molecule has 0 spiro atoms. The van der Waals surface area contributed by atoms with E-state index in [-0.39, 0.29) is 18.0 Å². The number of carbonyl (C=O) groups excluding carboxylic acids is 1. The van der Waals surface area contributed by atoms with Gasteiger partial charge in [-0.15, -0.1) is 0 Å². The van der Waals surface area contributed by atoms with Crippen LogP contribution >= 0.6 is 0 Å². The molecule has 1 unspecified atom stereocenters. The summed E-state index contributed by atoms with van der Waals surface area (Å²) in [5, 5.41) is 9.96. The normalized spacial score (nSPS) is 17.6. The number of hydrogen-bond acceptors (Lipinski definition) is 4. The van der Waals surface area contributed by atoms with Crippen molar-refractivity contribution < 1.29 is 14.3 Å². The Morgan fingerprint density at radius 1 is 1.39 bits per heavy atom. The van der Waals surface area contributed by atoms with Crippen molar-refractivity contribution >= 4 is 17.6 Å². The molecule has 0 saturated heterocycles. The Labute approximate surface area is 136 Å². The average Bonchev–Trinajstić information content (AvgIpc) is 2.49. The van der Waals surface area contributed by atoms with Crippen LogP contribution < -0.4 is 11.1 Å². The van der Waals surface area contributed by atoms with E-state index in [9.17, 15) is 4.79 Å². The molecule has 0 radical (unpaired) electrons. The number of benzene rings is 1. The Morgan fingerprint density at radius 2 is 2.22 bits per heavy atom. The highest BCUT2D eigenvalue weighted by Crippen LogP contribution is 2.22. The Kier molecular flexibility index (Phi) is 6.40. The molecule has 1 aliphatic rings. The van der Waals surface area contributed by atoms with Crippen molar-refractivity contribution in [2.75, 3.05) is 11.9 Å². The highest BCUT2D eigenvalue weighted by Gasteiger charge is 2.22. The molecule has 2 rings (SSSR count). The third-order valence-electron chi connectivity index (χ3n) is 3.82. The summed E-state index contributed by atoms with van der Waals surface area (Å²) in [5.74, 6) is -0.454. The molecule has 1 aromatic rings. The topological polar surface area (TPSA) is 97.4 Å². The molecule has 4 N–H and O–H groups in total. The fraction of sp³-hybridized carbons (Fsp3) is 0.529. The quantitative estimate of drug-likeness (QED) is 0.324.